The van der Waals surface area contributed by atoms with Crippen molar-refractivity contribution in [3.05, 3.63) is 71.8 Å². The van der Waals surface area contributed by atoms with Gasteiger partial charge in [-0.25, -0.2) is 4.79 Å². The summed E-state index contributed by atoms with van der Waals surface area (Å²) >= 11 is 0. The van der Waals surface area contributed by atoms with Gasteiger partial charge in [0.1, 0.15) is 12.1 Å². The zero-order valence-electron chi connectivity index (χ0n) is 16.3. The fourth-order valence-corrected chi connectivity index (χ4v) is 4.35. The van der Waals surface area contributed by atoms with Crippen LogP contribution in [0.2, 0.25) is 0 Å². The molecule has 29 heavy (non-hydrogen) atoms. The van der Waals surface area contributed by atoms with Gasteiger partial charge in [0.15, 0.2) is 0 Å². The summed E-state index contributed by atoms with van der Waals surface area (Å²) in [6.07, 6.45) is 3.14. The Hall–Kier alpha value is -3.15. The molecular weight excluding hydrogens is 366 g/mol. The first-order valence-electron chi connectivity index (χ1n) is 10.1. The van der Waals surface area contributed by atoms with Crippen LogP contribution in [0.25, 0.3) is 0 Å². The molecule has 1 saturated heterocycles. The highest BCUT2D eigenvalue weighted by atomic mass is 16.2. The van der Waals surface area contributed by atoms with Crippen LogP contribution >= 0.6 is 0 Å². The van der Waals surface area contributed by atoms with E-state index in [9.17, 15) is 14.4 Å². The van der Waals surface area contributed by atoms with Crippen molar-refractivity contribution in [2.75, 3.05) is 13.1 Å². The van der Waals surface area contributed by atoms with E-state index < -0.39 is 11.6 Å². The number of hydrogen-bond acceptors (Lipinski definition) is 3. The normalized spacial score (nSPS) is 17.8. The number of hydrogen-bond donors (Lipinski definition) is 2. The number of urea groups is 1. The molecule has 6 nitrogen and oxygen atoms in total. The highest BCUT2D eigenvalue weighted by molar-refractivity contribution is 6.09. The average molecular weight is 391 g/mol. The third-order valence-corrected chi connectivity index (χ3v) is 5.91. The van der Waals surface area contributed by atoms with E-state index in [0.717, 1.165) is 28.9 Å². The molecule has 1 aliphatic carbocycles. The van der Waals surface area contributed by atoms with Crippen molar-refractivity contribution in [3.63, 3.8) is 0 Å². The molecule has 2 N–H and O–H groups in total. The predicted octanol–water partition coefficient (Wildman–Crippen LogP) is 2.80. The summed E-state index contributed by atoms with van der Waals surface area (Å²) < 4.78 is 0. The fourth-order valence-electron chi connectivity index (χ4n) is 4.35. The molecule has 0 aromatic heterocycles. The van der Waals surface area contributed by atoms with Crippen molar-refractivity contribution in [1.29, 1.82) is 0 Å². The van der Waals surface area contributed by atoms with Gasteiger partial charge in [-0.05, 0) is 24.0 Å². The molecule has 1 spiro atoms. The van der Waals surface area contributed by atoms with Gasteiger partial charge in [-0.2, -0.15) is 0 Å². The van der Waals surface area contributed by atoms with Gasteiger partial charge in [0.2, 0.25) is 5.91 Å². The summed E-state index contributed by atoms with van der Waals surface area (Å²) in [4.78, 5) is 38.6. The van der Waals surface area contributed by atoms with Crippen molar-refractivity contribution in [2.45, 2.75) is 37.1 Å². The smallest absolute Gasteiger partial charge is 0.325 e. The van der Waals surface area contributed by atoms with Crippen molar-refractivity contribution in [1.82, 2.24) is 15.5 Å². The monoisotopic (exact) mass is 391 g/mol. The lowest BCUT2D eigenvalue weighted by atomic mass is 9.91. The Labute approximate surface area is 170 Å². The van der Waals surface area contributed by atoms with Crippen molar-refractivity contribution in [3.8, 4) is 0 Å². The third kappa shape index (κ3) is 3.88. The molecule has 2 aliphatic rings. The molecule has 2 fully saturated rings. The first-order valence-corrected chi connectivity index (χ1v) is 10.1. The van der Waals surface area contributed by atoms with Crippen LogP contribution in [-0.2, 0) is 9.59 Å². The van der Waals surface area contributed by atoms with Gasteiger partial charge in [-0.15, -0.1) is 0 Å². The molecular formula is C23H25N3O3. The first kappa shape index (κ1) is 19.2. The molecule has 150 valence electrons. The van der Waals surface area contributed by atoms with E-state index in [2.05, 4.69) is 10.6 Å². The number of carbonyl (C=O) groups excluding carboxylic acids is 3. The Balaban J connectivity index is 1.42. The highest BCUT2D eigenvalue weighted by Crippen LogP contribution is 2.34. The van der Waals surface area contributed by atoms with Gasteiger partial charge in [-0.3, -0.25) is 14.5 Å². The second kappa shape index (κ2) is 8.07. The van der Waals surface area contributed by atoms with Crippen LogP contribution in [0.15, 0.2) is 60.7 Å². The standard InChI is InChI=1S/C23H25N3O3/c27-20(16-26-21(28)23(25-22(26)29)13-7-8-14-23)24-15-19(17-9-3-1-4-10-17)18-11-5-2-6-12-18/h1-6,9-12,19H,7-8,13-16H2,(H,24,27)(H,25,29). The summed E-state index contributed by atoms with van der Waals surface area (Å²) in [6.45, 7) is 0.143. The molecule has 0 unspecified atom stereocenters. The van der Waals surface area contributed by atoms with Gasteiger partial charge >= 0.3 is 6.03 Å². The lowest BCUT2D eigenvalue weighted by Crippen LogP contribution is -2.45. The van der Waals surface area contributed by atoms with Gasteiger partial charge in [-0.1, -0.05) is 73.5 Å². The zero-order valence-corrected chi connectivity index (χ0v) is 16.3. The van der Waals surface area contributed by atoms with Gasteiger partial charge < -0.3 is 10.6 Å². The minimum absolute atomic E-state index is 0.00868. The molecule has 6 heteroatoms. The molecule has 2 aromatic carbocycles. The summed E-state index contributed by atoms with van der Waals surface area (Å²) in [7, 11) is 0. The van der Waals surface area contributed by atoms with Crippen LogP contribution in [0.1, 0.15) is 42.7 Å². The summed E-state index contributed by atoms with van der Waals surface area (Å²) in [5, 5.41) is 5.72. The highest BCUT2D eigenvalue weighted by Gasteiger charge is 2.52. The van der Waals surface area contributed by atoms with Crippen LogP contribution in [0.5, 0.6) is 0 Å². The van der Waals surface area contributed by atoms with E-state index in [0.29, 0.717) is 19.4 Å². The third-order valence-electron chi connectivity index (χ3n) is 5.91. The Bertz CT molecular complexity index is 853. The van der Waals surface area contributed by atoms with Crippen LogP contribution < -0.4 is 10.6 Å². The van der Waals surface area contributed by atoms with Crippen LogP contribution in [0.4, 0.5) is 4.79 Å². The fraction of sp³-hybridized carbons (Fsp3) is 0.348. The van der Waals surface area contributed by atoms with E-state index in [1.807, 2.05) is 60.7 Å². The molecule has 4 amide bonds. The summed E-state index contributed by atoms with van der Waals surface area (Å²) in [5.74, 6) is -0.608. The van der Waals surface area contributed by atoms with E-state index >= 15 is 0 Å². The molecule has 2 aromatic rings. The zero-order chi connectivity index (χ0) is 20.3. The van der Waals surface area contributed by atoms with E-state index in [-0.39, 0.29) is 24.3 Å². The van der Waals surface area contributed by atoms with E-state index in [1.165, 1.54) is 0 Å². The Kier molecular flexibility index (Phi) is 5.34. The lowest BCUT2D eigenvalue weighted by Gasteiger charge is -2.21. The molecule has 0 atom stereocenters. The number of benzene rings is 2. The number of imide groups is 1. The minimum atomic E-state index is -0.784. The van der Waals surface area contributed by atoms with E-state index in [1.54, 1.807) is 0 Å². The molecule has 0 bridgehead atoms. The number of rotatable bonds is 6. The van der Waals surface area contributed by atoms with Gasteiger partial charge in [0.25, 0.3) is 5.91 Å². The average Bonchev–Trinajstić information content (AvgIpc) is 3.30. The molecule has 0 radical (unpaired) electrons. The molecule has 4 rings (SSSR count). The molecule has 1 aliphatic heterocycles. The Morgan fingerprint density at radius 2 is 1.52 bits per heavy atom. The second-order valence-electron chi connectivity index (χ2n) is 7.79. The maximum atomic E-state index is 12.7. The largest absolute Gasteiger partial charge is 0.354 e. The van der Waals surface area contributed by atoms with Gasteiger partial charge in [0, 0.05) is 12.5 Å². The first-order chi connectivity index (χ1) is 14.1. The minimum Gasteiger partial charge on any atom is -0.354 e. The maximum Gasteiger partial charge on any atom is 0.325 e. The topological polar surface area (TPSA) is 78.5 Å². The Morgan fingerprint density at radius 3 is 2.07 bits per heavy atom. The predicted molar refractivity (Wildman–Crippen MR) is 109 cm³/mol. The van der Waals surface area contributed by atoms with E-state index in [4.69, 9.17) is 0 Å². The molecule has 1 heterocycles. The van der Waals surface area contributed by atoms with Crippen LogP contribution in [-0.4, -0.2) is 41.4 Å². The van der Waals surface area contributed by atoms with Crippen LogP contribution in [0, 0.1) is 0 Å². The number of nitrogens with zero attached hydrogens (tertiary/aromatic N) is 1. The van der Waals surface area contributed by atoms with Gasteiger partial charge in [0.05, 0.1) is 0 Å². The summed E-state index contributed by atoms with van der Waals surface area (Å²) in [5.41, 5.74) is 1.41. The number of nitrogens with one attached hydrogen (secondary N) is 2. The van der Waals surface area contributed by atoms with Crippen molar-refractivity contribution in [2.24, 2.45) is 0 Å². The number of carbonyl (C=O) groups is 3. The number of amides is 4. The second-order valence-corrected chi connectivity index (χ2v) is 7.79. The van der Waals surface area contributed by atoms with Crippen molar-refractivity contribution >= 4 is 17.8 Å². The maximum absolute atomic E-state index is 12.7. The Morgan fingerprint density at radius 1 is 0.966 bits per heavy atom. The summed E-state index contributed by atoms with van der Waals surface area (Å²) in [6, 6.07) is 19.5. The van der Waals surface area contributed by atoms with Crippen LogP contribution in [0.3, 0.4) is 0 Å². The quantitative estimate of drug-likeness (QED) is 0.744. The lowest BCUT2D eigenvalue weighted by molar-refractivity contribution is -0.134. The molecule has 1 saturated carbocycles. The SMILES string of the molecule is O=C(CN1C(=O)NC2(CCCC2)C1=O)NCC(c1ccccc1)c1ccccc1. The van der Waals surface area contributed by atoms with Crippen molar-refractivity contribution < 1.29 is 14.4 Å².